The van der Waals surface area contributed by atoms with E-state index >= 15 is 0 Å². The van der Waals surface area contributed by atoms with Gasteiger partial charge in [-0.2, -0.15) is 0 Å². The molecule has 0 unspecified atom stereocenters. The Morgan fingerprint density at radius 1 is 1.17 bits per heavy atom. The third-order valence-electron chi connectivity index (χ3n) is 4.22. The molecule has 1 saturated carbocycles. The molecule has 1 aliphatic heterocycles. The van der Waals surface area contributed by atoms with Crippen LogP contribution in [0.4, 0.5) is 5.69 Å². The lowest BCUT2D eigenvalue weighted by Crippen LogP contribution is -2.48. The first-order valence-corrected chi connectivity index (χ1v) is 8.59. The third kappa shape index (κ3) is 4.55. The summed E-state index contributed by atoms with van der Waals surface area (Å²) >= 11 is 0. The van der Waals surface area contributed by atoms with Gasteiger partial charge in [-0.3, -0.25) is 14.5 Å². The minimum absolute atomic E-state index is 0.108. The lowest BCUT2D eigenvalue weighted by atomic mass is 10.1. The zero-order valence-electron chi connectivity index (χ0n) is 14.2. The number of nitrogens with one attached hydrogen (secondary N) is 2. The highest BCUT2D eigenvalue weighted by molar-refractivity contribution is 6.04. The molecule has 1 saturated heterocycles. The SMILES string of the molecule is C[C@@H]1CN(CC(=O)Nc2ccccc2C(=O)NC2CC2)C[C@H](C)O1. The largest absolute Gasteiger partial charge is 0.373 e. The molecule has 2 amide bonds. The molecule has 2 atom stereocenters. The minimum atomic E-state index is -0.123. The standard InChI is InChI=1S/C18H25N3O3/c1-12-9-21(10-13(2)24-12)11-17(22)20-16-6-4-3-5-15(16)18(23)19-14-7-8-14/h3-6,12-14H,7-11H2,1-2H3,(H,19,23)(H,20,22)/t12-,13+. The Bertz CT molecular complexity index is 605. The van der Waals surface area contributed by atoms with Gasteiger partial charge in [0.2, 0.25) is 5.91 Å². The van der Waals surface area contributed by atoms with Gasteiger partial charge in [0.25, 0.3) is 5.91 Å². The summed E-state index contributed by atoms with van der Waals surface area (Å²) in [7, 11) is 0. The molecule has 0 aromatic heterocycles. The molecule has 0 radical (unpaired) electrons. The summed E-state index contributed by atoms with van der Waals surface area (Å²) in [6.07, 6.45) is 2.32. The van der Waals surface area contributed by atoms with Crippen LogP contribution >= 0.6 is 0 Å². The second kappa shape index (κ2) is 7.32. The van der Waals surface area contributed by atoms with Crippen LogP contribution in [0.5, 0.6) is 0 Å². The van der Waals surface area contributed by atoms with Crippen LogP contribution in [0.2, 0.25) is 0 Å². The smallest absolute Gasteiger partial charge is 0.253 e. The third-order valence-corrected chi connectivity index (χ3v) is 4.22. The predicted molar refractivity (Wildman–Crippen MR) is 92.0 cm³/mol. The monoisotopic (exact) mass is 331 g/mol. The molecule has 24 heavy (non-hydrogen) atoms. The molecule has 2 fully saturated rings. The second-order valence-corrected chi connectivity index (χ2v) is 6.79. The summed E-state index contributed by atoms with van der Waals surface area (Å²) in [6, 6.07) is 7.43. The van der Waals surface area contributed by atoms with E-state index in [-0.39, 0.29) is 30.1 Å². The Hall–Kier alpha value is -1.92. The van der Waals surface area contributed by atoms with Crippen LogP contribution in [0.1, 0.15) is 37.0 Å². The Balaban J connectivity index is 1.60. The van der Waals surface area contributed by atoms with Gasteiger partial charge in [0.15, 0.2) is 0 Å². The molecule has 6 nitrogen and oxygen atoms in total. The van der Waals surface area contributed by atoms with Crippen LogP contribution < -0.4 is 10.6 Å². The Kier molecular flexibility index (Phi) is 5.16. The molecule has 0 bridgehead atoms. The molecule has 2 N–H and O–H groups in total. The van der Waals surface area contributed by atoms with E-state index in [1.54, 1.807) is 12.1 Å². The normalized spacial score (nSPS) is 24.4. The number of nitrogens with zero attached hydrogens (tertiary/aromatic N) is 1. The fourth-order valence-electron chi connectivity index (χ4n) is 3.09. The molecule has 0 spiro atoms. The molecule has 3 rings (SSSR count). The van der Waals surface area contributed by atoms with Gasteiger partial charge < -0.3 is 15.4 Å². The molecular weight excluding hydrogens is 306 g/mol. The Labute approximate surface area is 142 Å². The van der Waals surface area contributed by atoms with E-state index in [9.17, 15) is 9.59 Å². The number of hydrogen-bond acceptors (Lipinski definition) is 4. The second-order valence-electron chi connectivity index (χ2n) is 6.79. The Morgan fingerprint density at radius 3 is 2.50 bits per heavy atom. The van der Waals surface area contributed by atoms with E-state index in [2.05, 4.69) is 15.5 Å². The van der Waals surface area contributed by atoms with Gasteiger partial charge in [0.1, 0.15) is 0 Å². The molecular formula is C18H25N3O3. The van der Waals surface area contributed by atoms with Crippen LogP contribution in [0.15, 0.2) is 24.3 Å². The van der Waals surface area contributed by atoms with Gasteiger partial charge in [-0.1, -0.05) is 12.1 Å². The highest BCUT2D eigenvalue weighted by Crippen LogP contribution is 2.21. The fraction of sp³-hybridized carbons (Fsp3) is 0.556. The van der Waals surface area contributed by atoms with Crippen molar-refractivity contribution in [3.63, 3.8) is 0 Å². The number of benzene rings is 1. The number of carbonyl (C=O) groups is 2. The van der Waals surface area contributed by atoms with Gasteiger partial charge in [-0.15, -0.1) is 0 Å². The first kappa shape index (κ1) is 16.9. The van der Waals surface area contributed by atoms with Crippen LogP contribution in [-0.2, 0) is 9.53 Å². The number of carbonyl (C=O) groups excluding carboxylic acids is 2. The van der Waals surface area contributed by atoms with Crippen LogP contribution in [-0.4, -0.2) is 54.6 Å². The minimum Gasteiger partial charge on any atom is -0.373 e. The maximum atomic E-state index is 12.4. The average molecular weight is 331 g/mol. The fourth-order valence-corrected chi connectivity index (χ4v) is 3.09. The average Bonchev–Trinajstić information content (AvgIpc) is 3.30. The summed E-state index contributed by atoms with van der Waals surface area (Å²) in [4.78, 5) is 26.7. The van der Waals surface area contributed by atoms with E-state index in [1.807, 2.05) is 26.0 Å². The number of morpholine rings is 1. The number of rotatable bonds is 5. The zero-order chi connectivity index (χ0) is 17.1. The van der Waals surface area contributed by atoms with Crippen molar-refractivity contribution in [1.29, 1.82) is 0 Å². The molecule has 1 aliphatic carbocycles. The lowest BCUT2D eigenvalue weighted by molar-refractivity contribution is -0.121. The number of amides is 2. The maximum Gasteiger partial charge on any atom is 0.253 e. The summed E-state index contributed by atoms with van der Waals surface area (Å²) in [6.45, 7) is 5.80. The molecule has 130 valence electrons. The molecule has 1 heterocycles. The zero-order valence-corrected chi connectivity index (χ0v) is 14.2. The topological polar surface area (TPSA) is 70.7 Å². The number of anilines is 1. The van der Waals surface area contributed by atoms with Crippen molar-refractivity contribution in [2.24, 2.45) is 0 Å². The number of para-hydroxylation sites is 1. The number of ether oxygens (including phenoxy) is 1. The van der Waals surface area contributed by atoms with Crippen molar-refractivity contribution in [2.75, 3.05) is 25.0 Å². The van der Waals surface area contributed by atoms with Crippen molar-refractivity contribution in [3.05, 3.63) is 29.8 Å². The van der Waals surface area contributed by atoms with Gasteiger partial charge in [0.05, 0.1) is 30.0 Å². The van der Waals surface area contributed by atoms with Gasteiger partial charge in [-0.25, -0.2) is 0 Å². The molecule has 1 aromatic carbocycles. The van der Waals surface area contributed by atoms with Crippen molar-refractivity contribution in [3.8, 4) is 0 Å². The van der Waals surface area contributed by atoms with Crippen molar-refractivity contribution in [1.82, 2.24) is 10.2 Å². The maximum absolute atomic E-state index is 12.4. The van der Waals surface area contributed by atoms with Crippen LogP contribution in [0.25, 0.3) is 0 Å². The number of hydrogen-bond donors (Lipinski definition) is 2. The quantitative estimate of drug-likeness (QED) is 0.860. The van der Waals surface area contributed by atoms with Crippen molar-refractivity contribution >= 4 is 17.5 Å². The summed E-state index contributed by atoms with van der Waals surface area (Å²) in [5, 5.41) is 5.84. The van der Waals surface area contributed by atoms with E-state index in [4.69, 9.17) is 4.74 Å². The van der Waals surface area contributed by atoms with E-state index in [1.165, 1.54) is 0 Å². The summed E-state index contributed by atoms with van der Waals surface area (Å²) in [5.41, 5.74) is 1.08. The highest BCUT2D eigenvalue weighted by atomic mass is 16.5. The van der Waals surface area contributed by atoms with E-state index in [0.717, 1.165) is 25.9 Å². The van der Waals surface area contributed by atoms with Gasteiger partial charge in [-0.05, 0) is 38.8 Å². The molecule has 1 aromatic rings. The Morgan fingerprint density at radius 2 is 1.83 bits per heavy atom. The molecule has 2 aliphatic rings. The van der Waals surface area contributed by atoms with Crippen LogP contribution in [0, 0.1) is 0 Å². The summed E-state index contributed by atoms with van der Waals surface area (Å²) < 4.78 is 5.68. The molecule has 6 heteroatoms. The van der Waals surface area contributed by atoms with E-state index < -0.39 is 0 Å². The first-order chi connectivity index (χ1) is 11.5. The predicted octanol–water partition coefficient (Wildman–Crippen LogP) is 1.63. The van der Waals surface area contributed by atoms with Crippen molar-refractivity contribution in [2.45, 2.75) is 44.9 Å². The lowest BCUT2D eigenvalue weighted by Gasteiger charge is -2.34. The highest BCUT2D eigenvalue weighted by Gasteiger charge is 2.26. The van der Waals surface area contributed by atoms with Crippen molar-refractivity contribution < 1.29 is 14.3 Å². The van der Waals surface area contributed by atoms with Gasteiger partial charge >= 0.3 is 0 Å². The first-order valence-electron chi connectivity index (χ1n) is 8.59. The van der Waals surface area contributed by atoms with Crippen LogP contribution in [0.3, 0.4) is 0 Å². The van der Waals surface area contributed by atoms with Gasteiger partial charge in [0, 0.05) is 19.1 Å². The van der Waals surface area contributed by atoms with E-state index in [0.29, 0.717) is 17.8 Å². The summed E-state index contributed by atoms with van der Waals surface area (Å²) in [5.74, 6) is -0.231.